The van der Waals surface area contributed by atoms with E-state index in [9.17, 15) is 0 Å². The smallest absolute Gasteiger partial charge is 0.0974 e. The summed E-state index contributed by atoms with van der Waals surface area (Å²) >= 11 is 5.56. The first-order valence-corrected chi connectivity index (χ1v) is 4.27. The first-order chi connectivity index (χ1) is 5.76. The molecule has 0 fully saturated rings. The molecular formula is C7H12ClN3O. The van der Waals surface area contributed by atoms with Gasteiger partial charge in [0.2, 0.25) is 0 Å². The molecule has 0 radical (unpaired) electrons. The fourth-order valence-electron chi connectivity index (χ4n) is 0.827. The minimum atomic E-state index is 0.148. The molecule has 1 rings (SSSR count). The fraction of sp³-hybridized carbons (Fsp3) is 0.714. The lowest BCUT2D eigenvalue weighted by atomic mass is 10.4. The Kier molecular flexibility index (Phi) is 3.49. The quantitative estimate of drug-likeness (QED) is 0.665. The van der Waals surface area contributed by atoms with Gasteiger partial charge in [-0.3, -0.25) is 0 Å². The Bertz CT molecular complexity index is 238. The Morgan fingerprint density at radius 3 is 3.00 bits per heavy atom. The molecule has 0 saturated carbocycles. The van der Waals surface area contributed by atoms with Crippen LogP contribution in [-0.2, 0) is 17.2 Å². The van der Waals surface area contributed by atoms with Crippen LogP contribution in [0.25, 0.3) is 0 Å². The average molecular weight is 190 g/mol. The SMILES string of the molecule is COC(C)Cn1cc(CCl)nn1. The Balaban J connectivity index is 2.52. The molecule has 0 aliphatic heterocycles. The van der Waals surface area contributed by atoms with E-state index in [-0.39, 0.29) is 6.10 Å². The summed E-state index contributed by atoms with van der Waals surface area (Å²) in [5, 5.41) is 7.72. The third-order valence-corrected chi connectivity index (χ3v) is 1.84. The lowest BCUT2D eigenvalue weighted by Gasteiger charge is -2.07. The van der Waals surface area contributed by atoms with E-state index in [1.54, 1.807) is 11.8 Å². The van der Waals surface area contributed by atoms with Crippen molar-refractivity contribution in [2.75, 3.05) is 7.11 Å². The normalized spacial score (nSPS) is 13.2. The van der Waals surface area contributed by atoms with Crippen LogP contribution in [0.4, 0.5) is 0 Å². The van der Waals surface area contributed by atoms with E-state index in [4.69, 9.17) is 16.3 Å². The second kappa shape index (κ2) is 4.42. The average Bonchev–Trinajstić information content (AvgIpc) is 2.52. The molecule has 0 saturated heterocycles. The van der Waals surface area contributed by atoms with Gasteiger partial charge in [-0.1, -0.05) is 5.21 Å². The van der Waals surface area contributed by atoms with Crippen molar-refractivity contribution in [2.24, 2.45) is 0 Å². The molecule has 1 atom stereocenters. The number of hydrogen-bond donors (Lipinski definition) is 0. The highest BCUT2D eigenvalue weighted by Gasteiger charge is 2.03. The molecule has 12 heavy (non-hydrogen) atoms. The highest BCUT2D eigenvalue weighted by molar-refractivity contribution is 6.16. The molecule has 68 valence electrons. The monoisotopic (exact) mass is 189 g/mol. The summed E-state index contributed by atoms with van der Waals surface area (Å²) in [6.45, 7) is 2.68. The van der Waals surface area contributed by atoms with E-state index in [1.807, 2.05) is 13.1 Å². The highest BCUT2D eigenvalue weighted by Crippen LogP contribution is 1.99. The van der Waals surface area contributed by atoms with Gasteiger partial charge in [0.1, 0.15) is 0 Å². The Morgan fingerprint density at radius 1 is 1.75 bits per heavy atom. The zero-order chi connectivity index (χ0) is 8.97. The molecule has 0 aromatic carbocycles. The maximum Gasteiger partial charge on any atom is 0.0974 e. The molecule has 0 N–H and O–H groups in total. The Hall–Kier alpha value is -0.610. The molecule has 1 aromatic rings. The van der Waals surface area contributed by atoms with Crippen LogP contribution < -0.4 is 0 Å². The van der Waals surface area contributed by atoms with Crippen LogP contribution in [0.15, 0.2) is 6.20 Å². The van der Waals surface area contributed by atoms with Gasteiger partial charge in [-0.15, -0.1) is 16.7 Å². The number of aromatic nitrogens is 3. The largest absolute Gasteiger partial charge is 0.380 e. The van der Waals surface area contributed by atoms with Gasteiger partial charge in [-0.2, -0.15) is 0 Å². The second-order valence-electron chi connectivity index (χ2n) is 2.61. The summed E-state index contributed by atoms with van der Waals surface area (Å²) in [5.41, 5.74) is 0.792. The summed E-state index contributed by atoms with van der Waals surface area (Å²) in [5.74, 6) is 0.404. The van der Waals surface area contributed by atoms with Gasteiger partial charge in [0.25, 0.3) is 0 Å². The first kappa shape index (κ1) is 9.48. The molecule has 0 aliphatic rings. The van der Waals surface area contributed by atoms with Gasteiger partial charge in [0.15, 0.2) is 0 Å². The number of hydrogen-bond acceptors (Lipinski definition) is 3. The predicted molar refractivity (Wildman–Crippen MR) is 46.1 cm³/mol. The standard InChI is InChI=1S/C7H12ClN3O/c1-6(12-2)4-11-5-7(3-8)9-10-11/h5-6H,3-4H2,1-2H3. The van der Waals surface area contributed by atoms with Crippen LogP contribution in [0, 0.1) is 0 Å². The molecule has 0 amide bonds. The molecular weight excluding hydrogens is 178 g/mol. The third-order valence-electron chi connectivity index (χ3n) is 1.57. The Morgan fingerprint density at radius 2 is 2.50 bits per heavy atom. The number of nitrogens with zero attached hydrogens (tertiary/aromatic N) is 3. The van der Waals surface area contributed by atoms with Crippen molar-refractivity contribution in [3.05, 3.63) is 11.9 Å². The molecule has 1 unspecified atom stereocenters. The van der Waals surface area contributed by atoms with Crippen molar-refractivity contribution in [3.8, 4) is 0 Å². The fourth-order valence-corrected chi connectivity index (χ4v) is 0.949. The third kappa shape index (κ3) is 2.46. The van der Waals surface area contributed by atoms with Gasteiger partial charge in [-0.05, 0) is 6.92 Å². The van der Waals surface area contributed by atoms with E-state index < -0.39 is 0 Å². The van der Waals surface area contributed by atoms with Crippen molar-refractivity contribution in [3.63, 3.8) is 0 Å². The summed E-state index contributed by atoms with van der Waals surface area (Å²) < 4.78 is 6.80. The molecule has 0 bridgehead atoms. The van der Waals surface area contributed by atoms with Crippen molar-refractivity contribution in [2.45, 2.75) is 25.5 Å². The Labute approximate surface area is 76.5 Å². The van der Waals surface area contributed by atoms with Crippen LogP contribution in [0.5, 0.6) is 0 Å². The van der Waals surface area contributed by atoms with Crippen LogP contribution >= 0.6 is 11.6 Å². The maximum atomic E-state index is 5.56. The van der Waals surface area contributed by atoms with Crippen LogP contribution in [0.1, 0.15) is 12.6 Å². The first-order valence-electron chi connectivity index (χ1n) is 3.74. The number of halogens is 1. The number of rotatable bonds is 4. The van der Waals surface area contributed by atoms with E-state index in [2.05, 4.69) is 10.3 Å². The molecule has 0 aliphatic carbocycles. The molecule has 1 heterocycles. The minimum Gasteiger partial charge on any atom is -0.380 e. The predicted octanol–water partition coefficient (Wildman–Crippen LogP) is 1.05. The minimum absolute atomic E-state index is 0.148. The molecule has 5 heteroatoms. The maximum absolute atomic E-state index is 5.56. The van der Waals surface area contributed by atoms with Gasteiger partial charge in [0.05, 0.1) is 24.2 Å². The van der Waals surface area contributed by atoms with Gasteiger partial charge < -0.3 is 4.74 Å². The summed E-state index contributed by atoms with van der Waals surface area (Å²) in [6, 6.07) is 0. The lowest BCUT2D eigenvalue weighted by Crippen LogP contribution is -2.14. The number of ether oxygens (including phenoxy) is 1. The van der Waals surface area contributed by atoms with Crippen LogP contribution in [-0.4, -0.2) is 28.2 Å². The summed E-state index contributed by atoms with van der Waals surface area (Å²) in [4.78, 5) is 0. The topological polar surface area (TPSA) is 39.9 Å². The molecule has 4 nitrogen and oxygen atoms in total. The molecule has 1 aromatic heterocycles. The van der Waals surface area contributed by atoms with Gasteiger partial charge in [-0.25, -0.2) is 4.68 Å². The molecule has 0 spiro atoms. The van der Waals surface area contributed by atoms with Gasteiger partial charge in [0, 0.05) is 13.3 Å². The van der Waals surface area contributed by atoms with E-state index >= 15 is 0 Å². The summed E-state index contributed by atoms with van der Waals surface area (Å²) in [7, 11) is 1.67. The highest BCUT2D eigenvalue weighted by atomic mass is 35.5. The van der Waals surface area contributed by atoms with Gasteiger partial charge >= 0.3 is 0 Å². The zero-order valence-corrected chi connectivity index (χ0v) is 7.95. The van der Waals surface area contributed by atoms with E-state index in [0.29, 0.717) is 12.4 Å². The van der Waals surface area contributed by atoms with E-state index in [1.165, 1.54) is 0 Å². The number of methoxy groups -OCH3 is 1. The zero-order valence-electron chi connectivity index (χ0n) is 7.20. The van der Waals surface area contributed by atoms with E-state index in [0.717, 1.165) is 5.69 Å². The van der Waals surface area contributed by atoms with Crippen molar-refractivity contribution >= 4 is 11.6 Å². The second-order valence-corrected chi connectivity index (χ2v) is 2.88. The number of alkyl halides is 1. The van der Waals surface area contributed by atoms with Crippen molar-refractivity contribution in [1.29, 1.82) is 0 Å². The van der Waals surface area contributed by atoms with Crippen LogP contribution in [0.3, 0.4) is 0 Å². The lowest BCUT2D eigenvalue weighted by molar-refractivity contribution is 0.0993. The summed E-state index contributed by atoms with van der Waals surface area (Å²) in [6.07, 6.45) is 1.97. The van der Waals surface area contributed by atoms with Crippen molar-refractivity contribution < 1.29 is 4.74 Å². The van der Waals surface area contributed by atoms with Crippen LogP contribution in [0.2, 0.25) is 0 Å². The van der Waals surface area contributed by atoms with Crippen molar-refractivity contribution in [1.82, 2.24) is 15.0 Å².